The van der Waals surface area contributed by atoms with Gasteiger partial charge in [0.25, 0.3) is 0 Å². The van der Waals surface area contributed by atoms with Gasteiger partial charge in [0.1, 0.15) is 11.7 Å². The van der Waals surface area contributed by atoms with E-state index in [-0.39, 0.29) is 23.2 Å². The smallest absolute Gasteiger partial charge is 0.168 e. The molecule has 3 fully saturated rings. The Hall–Kier alpha value is -0.490. The predicted octanol–water partition coefficient (Wildman–Crippen LogP) is 1.36. The average Bonchev–Trinajstić information content (AvgIpc) is 2.42. The number of hydrogen-bond donors (Lipinski definition) is 2. The maximum atomic E-state index is 12.4. The maximum absolute atomic E-state index is 12.4. The molecule has 20 heavy (non-hydrogen) atoms. The second-order valence-electron chi connectivity index (χ2n) is 7.56. The van der Waals surface area contributed by atoms with Crippen LogP contribution in [0, 0.1) is 10.8 Å². The lowest BCUT2D eigenvalue weighted by Crippen LogP contribution is -2.72. The van der Waals surface area contributed by atoms with Crippen molar-refractivity contribution in [3.63, 3.8) is 0 Å². The summed E-state index contributed by atoms with van der Waals surface area (Å²) >= 11 is 0. The molecule has 1 aliphatic heterocycles. The zero-order chi connectivity index (χ0) is 14.8. The molecular weight excluding hydrogens is 260 g/mol. The third-order valence-corrected chi connectivity index (χ3v) is 6.44. The van der Waals surface area contributed by atoms with E-state index in [9.17, 15) is 15.0 Å². The Morgan fingerprint density at radius 3 is 2.60 bits per heavy atom. The number of hydrogen-bond acceptors (Lipinski definition) is 5. The minimum Gasteiger partial charge on any atom is -0.393 e. The molecule has 0 radical (unpaired) electrons. The van der Waals surface area contributed by atoms with E-state index in [4.69, 9.17) is 9.78 Å². The van der Waals surface area contributed by atoms with Gasteiger partial charge >= 0.3 is 0 Å². The fraction of sp³-hybridized carbons (Fsp3) is 0.933. The maximum Gasteiger partial charge on any atom is 0.168 e. The number of aliphatic hydroxyl groups is 2. The van der Waals surface area contributed by atoms with E-state index < -0.39 is 17.3 Å². The van der Waals surface area contributed by atoms with Crippen molar-refractivity contribution in [2.45, 2.75) is 70.2 Å². The van der Waals surface area contributed by atoms with E-state index in [1.807, 2.05) is 6.92 Å². The van der Waals surface area contributed by atoms with Crippen LogP contribution < -0.4 is 0 Å². The van der Waals surface area contributed by atoms with Gasteiger partial charge < -0.3 is 10.2 Å². The zero-order valence-electron chi connectivity index (χ0n) is 12.4. The highest BCUT2D eigenvalue weighted by Gasteiger charge is 2.70. The molecule has 1 heterocycles. The monoisotopic (exact) mass is 284 g/mol. The molecule has 2 bridgehead atoms. The van der Waals surface area contributed by atoms with Gasteiger partial charge in [0.15, 0.2) is 11.4 Å². The van der Waals surface area contributed by atoms with E-state index in [0.29, 0.717) is 25.7 Å². The summed E-state index contributed by atoms with van der Waals surface area (Å²) in [4.78, 5) is 23.4. The molecule has 2 saturated carbocycles. The van der Waals surface area contributed by atoms with Gasteiger partial charge in [0.2, 0.25) is 0 Å². The highest BCUT2D eigenvalue weighted by atomic mass is 17.2. The number of carbonyl (C=O) groups excluding carboxylic acids is 1. The van der Waals surface area contributed by atoms with Crippen molar-refractivity contribution in [3.05, 3.63) is 0 Å². The molecule has 5 heteroatoms. The summed E-state index contributed by atoms with van der Waals surface area (Å²) in [6.07, 6.45) is 2.42. The Morgan fingerprint density at radius 2 is 1.95 bits per heavy atom. The summed E-state index contributed by atoms with van der Waals surface area (Å²) in [6, 6.07) is 0. The highest BCUT2D eigenvalue weighted by Crippen LogP contribution is 2.65. The number of rotatable bonds is 1. The Morgan fingerprint density at radius 1 is 1.25 bits per heavy atom. The quantitative estimate of drug-likeness (QED) is 0.711. The average molecular weight is 284 g/mol. The van der Waals surface area contributed by atoms with Gasteiger partial charge in [-0.15, -0.1) is 0 Å². The van der Waals surface area contributed by atoms with Crippen LogP contribution in [0.5, 0.6) is 0 Å². The van der Waals surface area contributed by atoms with Gasteiger partial charge in [-0.25, -0.2) is 9.78 Å². The molecule has 4 atom stereocenters. The first-order chi connectivity index (χ1) is 9.21. The molecule has 0 amide bonds. The van der Waals surface area contributed by atoms with Gasteiger partial charge in [-0.3, -0.25) is 4.79 Å². The molecule has 1 saturated heterocycles. The van der Waals surface area contributed by atoms with Crippen molar-refractivity contribution in [3.8, 4) is 0 Å². The lowest BCUT2D eigenvalue weighted by molar-refractivity contribution is -0.468. The first kappa shape index (κ1) is 14.4. The lowest BCUT2D eigenvalue weighted by atomic mass is 9.44. The summed E-state index contributed by atoms with van der Waals surface area (Å²) in [7, 11) is 0. The van der Waals surface area contributed by atoms with Crippen LogP contribution in [0.4, 0.5) is 0 Å². The van der Waals surface area contributed by atoms with E-state index in [1.54, 1.807) is 0 Å². The van der Waals surface area contributed by atoms with Gasteiger partial charge in [-0.05, 0) is 38.0 Å². The summed E-state index contributed by atoms with van der Waals surface area (Å²) in [5, 5.41) is 19.9. The second-order valence-corrected chi connectivity index (χ2v) is 7.56. The first-order valence-electron chi connectivity index (χ1n) is 7.42. The number of Topliss-reactive ketones (excluding diaryl/α,β-unsaturated/α-hetero) is 1. The fourth-order valence-corrected chi connectivity index (χ4v) is 4.65. The van der Waals surface area contributed by atoms with Crippen LogP contribution in [-0.4, -0.2) is 39.9 Å². The van der Waals surface area contributed by atoms with Gasteiger partial charge in [-0.2, -0.15) is 0 Å². The number of carbonyl (C=O) groups is 1. The van der Waals surface area contributed by atoms with Crippen LogP contribution in [0.2, 0.25) is 0 Å². The van der Waals surface area contributed by atoms with E-state index in [0.717, 1.165) is 6.42 Å². The molecule has 2 aliphatic carbocycles. The lowest BCUT2D eigenvalue weighted by Gasteiger charge is -2.65. The fourth-order valence-electron chi connectivity index (χ4n) is 4.65. The molecule has 0 aromatic heterocycles. The van der Waals surface area contributed by atoms with E-state index >= 15 is 0 Å². The Bertz CT molecular complexity index is 448. The van der Waals surface area contributed by atoms with E-state index in [1.165, 1.54) is 0 Å². The molecule has 0 aromatic carbocycles. The zero-order valence-corrected chi connectivity index (χ0v) is 12.4. The van der Waals surface area contributed by atoms with Crippen molar-refractivity contribution in [1.29, 1.82) is 0 Å². The molecule has 0 aromatic rings. The van der Waals surface area contributed by atoms with Gasteiger partial charge in [0.05, 0.1) is 6.61 Å². The van der Waals surface area contributed by atoms with E-state index in [2.05, 4.69) is 13.8 Å². The second kappa shape index (κ2) is 4.03. The van der Waals surface area contributed by atoms with Gasteiger partial charge in [0, 0.05) is 11.8 Å². The number of aliphatic hydroxyl groups excluding tert-OH is 1. The van der Waals surface area contributed by atoms with Crippen LogP contribution in [0.1, 0.15) is 52.9 Å². The molecule has 5 nitrogen and oxygen atoms in total. The largest absolute Gasteiger partial charge is 0.393 e. The van der Waals surface area contributed by atoms with Crippen LogP contribution >= 0.6 is 0 Å². The predicted molar refractivity (Wildman–Crippen MR) is 70.7 cm³/mol. The molecule has 3 aliphatic rings. The number of ketones is 1. The van der Waals surface area contributed by atoms with Crippen LogP contribution in [0.25, 0.3) is 0 Å². The molecule has 2 N–H and O–H groups in total. The SMILES string of the molecule is CC1(C)CCC(=O)[C@@]2(C)OO[C@@H]3C[C@]12CC[C@]3(O)CO. The highest BCUT2D eigenvalue weighted by molar-refractivity contribution is 5.89. The third-order valence-electron chi connectivity index (χ3n) is 6.44. The number of fused-ring (bicyclic) bond motifs is 1. The van der Waals surface area contributed by atoms with Crippen molar-refractivity contribution < 1.29 is 24.8 Å². The minimum atomic E-state index is -1.26. The van der Waals surface area contributed by atoms with Crippen molar-refractivity contribution in [1.82, 2.24) is 0 Å². The summed E-state index contributed by atoms with van der Waals surface area (Å²) < 4.78 is 0. The van der Waals surface area contributed by atoms with Crippen LogP contribution in [0.3, 0.4) is 0 Å². The Balaban J connectivity index is 2.06. The normalized spacial score (nSPS) is 50.6. The first-order valence-corrected chi connectivity index (χ1v) is 7.42. The Kier molecular flexibility index (Phi) is 2.91. The molecule has 114 valence electrons. The summed E-state index contributed by atoms with van der Waals surface area (Å²) in [5.41, 5.74) is -2.60. The van der Waals surface area contributed by atoms with Crippen molar-refractivity contribution in [2.75, 3.05) is 6.61 Å². The Labute approximate surface area is 119 Å². The van der Waals surface area contributed by atoms with Crippen LogP contribution in [0.15, 0.2) is 0 Å². The van der Waals surface area contributed by atoms with Crippen LogP contribution in [-0.2, 0) is 14.6 Å². The third kappa shape index (κ3) is 1.49. The summed E-state index contributed by atoms with van der Waals surface area (Å²) in [5.74, 6) is 0.0877. The minimum absolute atomic E-state index is 0.0610. The molecule has 1 spiro atoms. The van der Waals surface area contributed by atoms with Crippen molar-refractivity contribution in [2.24, 2.45) is 10.8 Å². The standard InChI is InChI=1S/C15H24O5/c1-12(2)5-4-10(17)13(3)15(12)7-6-14(18,9-16)11(8-15)19-20-13/h11,16,18H,4-9H2,1-3H3/t11-,13-,14+,15-/m1/s1. The molecule has 3 rings (SSSR count). The topological polar surface area (TPSA) is 76.0 Å². The molecular formula is C15H24O5. The molecule has 0 unspecified atom stereocenters. The van der Waals surface area contributed by atoms with Gasteiger partial charge in [-0.1, -0.05) is 13.8 Å². The summed E-state index contributed by atoms with van der Waals surface area (Å²) in [6.45, 7) is 5.83. The van der Waals surface area contributed by atoms with Crippen molar-refractivity contribution >= 4 is 5.78 Å².